The average molecular weight is 487 g/mol. The minimum atomic E-state index is -1.13. The van der Waals surface area contributed by atoms with Crippen molar-refractivity contribution in [3.8, 4) is 11.5 Å². The van der Waals surface area contributed by atoms with Gasteiger partial charge in [-0.15, -0.1) is 0 Å². The molecule has 0 bridgehead atoms. The average Bonchev–Trinajstić information content (AvgIpc) is 3.10. The fraction of sp³-hybridized carbons (Fsp3) is 0.261. The van der Waals surface area contributed by atoms with Gasteiger partial charge >= 0.3 is 5.97 Å². The smallest absolute Gasteiger partial charge is 0.329 e. The number of nitrogens with zero attached hydrogens (tertiary/aromatic N) is 2. The molecule has 0 N–H and O–H groups in total. The van der Waals surface area contributed by atoms with Crippen LogP contribution in [0.25, 0.3) is 6.08 Å². The van der Waals surface area contributed by atoms with Crippen LogP contribution in [0.5, 0.6) is 11.5 Å². The Kier molecular flexibility index (Phi) is 7.90. The minimum Gasteiger partial charge on any atom is -0.493 e. The third-order valence-electron chi connectivity index (χ3n) is 4.87. The van der Waals surface area contributed by atoms with E-state index in [1.807, 2.05) is 30.3 Å². The van der Waals surface area contributed by atoms with Crippen LogP contribution in [-0.2, 0) is 20.9 Å². The highest BCUT2D eigenvalue weighted by Gasteiger charge is 2.41. The normalized spacial score (nSPS) is 15.4. The number of nitro benzene ring substituents is 1. The van der Waals surface area contributed by atoms with Crippen molar-refractivity contribution in [3.05, 3.63) is 68.6 Å². The van der Waals surface area contributed by atoms with Crippen molar-refractivity contribution in [1.82, 2.24) is 4.90 Å². The number of hydrogen-bond donors (Lipinski definition) is 0. The van der Waals surface area contributed by atoms with E-state index in [4.69, 9.17) is 14.2 Å². The van der Waals surface area contributed by atoms with Crippen LogP contribution in [0.15, 0.2) is 47.4 Å². The third-order valence-corrected chi connectivity index (χ3v) is 5.76. The maximum Gasteiger partial charge on any atom is 0.329 e. The number of thioether (sulfide) groups is 1. The van der Waals surface area contributed by atoms with Crippen LogP contribution in [0.2, 0.25) is 0 Å². The van der Waals surface area contributed by atoms with E-state index in [0.29, 0.717) is 11.8 Å². The third kappa shape index (κ3) is 5.37. The van der Waals surface area contributed by atoms with Gasteiger partial charge in [0.05, 0.1) is 35.2 Å². The van der Waals surface area contributed by atoms with Crippen LogP contribution in [0, 0.1) is 10.1 Å². The molecule has 0 saturated carbocycles. The standard InChI is InChI=1S/C23H22N2O8S/c1-4-32-22(27)14(2)24-21(26)20(34-23(24)28)11-16-10-18(31-3)19(12-17(16)25(29)30)33-13-15-8-6-5-7-9-15/h5-12,14H,4,13H2,1-3H3/b20-11+/t14-/m1/s1. The highest BCUT2D eigenvalue weighted by atomic mass is 32.2. The lowest BCUT2D eigenvalue weighted by Crippen LogP contribution is -2.42. The molecule has 2 aromatic rings. The van der Waals surface area contributed by atoms with E-state index in [1.165, 1.54) is 32.2 Å². The van der Waals surface area contributed by atoms with Crippen molar-refractivity contribution in [1.29, 1.82) is 0 Å². The highest BCUT2D eigenvalue weighted by molar-refractivity contribution is 8.18. The Bertz CT molecular complexity index is 1150. The van der Waals surface area contributed by atoms with Gasteiger partial charge in [0, 0.05) is 0 Å². The summed E-state index contributed by atoms with van der Waals surface area (Å²) in [7, 11) is 1.38. The first-order valence-corrected chi connectivity index (χ1v) is 11.0. The molecule has 3 rings (SSSR count). The van der Waals surface area contributed by atoms with Gasteiger partial charge in [-0.1, -0.05) is 30.3 Å². The summed E-state index contributed by atoms with van der Waals surface area (Å²) < 4.78 is 15.9. The Morgan fingerprint density at radius 2 is 1.91 bits per heavy atom. The highest BCUT2D eigenvalue weighted by Crippen LogP contribution is 2.39. The topological polar surface area (TPSA) is 125 Å². The van der Waals surface area contributed by atoms with E-state index in [2.05, 4.69) is 0 Å². The molecule has 1 fully saturated rings. The van der Waals surface area contributed by atoms with Crippen molar-refractivity contribution in [2.45, 2.75) is 26.5 Å². The van der Waals surface area contributed by atoms with Crippen LogP contribution in [0.3, 0.4) is 0 Å². The molecule has 0 spiro atoms. The van der Waals surface area contributed by atoms with Gasteiger partial charge in [-0.05, 0) is 43.3 Å². The van der Waals surface area contributed by atoms with E-state index < -0.39 is 28.1 Å². The van der Waals surface area contributed by atoms with Crippen molar-refractivity contribution in [2.24, 2.45) is 0 Å². The molecule has 0 radical (unpaired) electrons. The molecule has 2 aromatic carbocycles. The molecule has 1 aliphatic heterocycles. The lowest BCUT2D eigenvalue weighted by Gasteiger charge is -2.19. The number of esters is 1. The van der Waals surface area contributed by atoms with Crippen molar-refractivity contribution in [2.75, 3.05) is 13.7 Å². The predicted octanol–water partition coefficient (Wildman–Crippen LogP) is 4.17. The molecule has 0 aliphatic carbocycles. The summed E-state index contributed by atoms with van der Waals surface area (Å²) in [5.41, 5.74) is 0.568. The molecule has 1 aliphatic rings. The van der Waals surface area contributed by atoms with Crippen LogP contribution in [0.1, 0.15) is 25.0 Å². The minimum absolute atomic E-state index is 0.0446. The van der Waals surface area contributed by atoms with Crippen LogP contribution in [-0.4, -0.2) is 46.7 Å². The second-order valence-electron chi connectivity index (χ2n) is 7.07. The van der Waals surface area contributed by atoms with E-state index in [0.717, 1.165) is 10.5 Å². The fourth-order valence-corrected chi connectivity index (χ4v) is 4.07. The number of nitro groups is 1. The summed E-state index contributed by atoms with van der Waals surface area (Å²) in [4.78, 5) is 49.0. The van der Waals surface area contributed by atoms with Gasteiger partial charge < -0.3 is 14.2 Å². The molecule has 0 unspecified atom stereocenters. The van der Waals surface area contributed by atoms with Crippen LogP contribution >= 0.6 is 11.8 Å². The zero-order chi connectivity index (χ0) is 24.8. The van der Waals surface area contributed by atoms with Gasteiger partial charge in [-0.2, -0.15) is 0 Å². The Balaban J connectivity index is 1.93. The first kappa shape index (κ1) is 24.8. The molecule has 1 heterocycles. The number of carbonyl (C=O) groups is 3. The number of ether oxygens (including phenoxy) is 3. The molecule has 34 heavy (non-hydrogen) atoms. The van der Waals surface area contributed by atoms with Gasteiger partial charge in [-0.25, -0.2) is 4.79 Å². The van der Waals surface area contributed by atoms with Crippen molar-refractivity contribution < 1.29 is 33.5 Å². The summed E-state index contributed by atoms with van der Waals surface area (Å²) in [6.07, 6.45) is 1.23. The molecule has 11 heteroatoms. The quantitative estimate of drug-likeness (QED) is 0.222. The number of benzene rings is 2. The second-order valence-corrected chi connectivity index (χ2v) is 8.07. The Morgan fingerprint density at radius 1 is 1.21 bits per heavy atom. The number of imide groups is 1. The molecule has 0 aromatic heterocycles. The fourth-order valence-electron chi connectivity index (χ4n) is 3.17. The molecule has 10 nitrogen and oxygen atoms in total. The summed E-state index contributed by atoms with van der Waals surface area (Å²) in [5.74, 6) is -1.10. The monoisotopic (exact) mass is 486 g/mol. The largest absolute Gasteiger partial charge is 0.493 e. The maximum atomic E-state index is 12.8. The van der Waals surface area contributed by atoms with Gasteiger partial charge in [0.15, 0.2) is 11.5 Å². The predicted molar refractivity (Wildman–Crippen MR) is 124 cm³/mol. The Labute approximate surface area is 199 Å². The lowest BCUT2D eigenvalue weighted by atomic mass is 10.1. The maximum absolute atomic E-state index is 12.8. The van der Waals surface area contributed by atoms with E-state index >= 15 is 0 Å². The number of amides is 2. The van der Waals surface area contributed by atoms with Crippen LogP contribution in [0.4, 0.5) is 10.5 Å². The number of rotatable bonds is 9. The van der Waals surface area contributed by atoms with Crippen molar-refractivity contribution in [3.63, 3.8) is 0 Å². The van der Waals surface area contributed by atoms with Gasteiger partial charge in [0.25, 0.3) is 16.8 Å². The van der Waals surface area contributed by atoms with E-state index in [9.17, 15) is 24.5 Å². The van der Waals surface area contributed by atoms with Gasteiger partial charge in [-0.3, -0.25) is 24.6 Å². The summed E-state index contributed by atoms with van der Waals surface area (Å²) in [5, 5.41) is 11.1. The van der Waals surface area contributed by atoms with Crippen LogP contribution < -0.4 is 9.47 Å². The SMILES string of the molecule is CCOC(=O)[C@@H](C)N1C(=O)S/C(=C/c2cc(OC)c(OCc3ccccc3)cc2[N+](=O)[O-])C1=O. The summed E-state index contributed by atoms with van der Waals surface area (Å²) in [6.45, 7) is 3.25. The molecular formula is C23H22N2O8S. The van der Waals surface area contributed by atoms with E-state index in [-0.39, 0.29) is 40.9 Å². The zero-order valence-electron chi connectivity index (χ0n) is 18.7. The Hall–Kier alpha value is -3.86. The zero-order valence-corrected chi connectivity index (χ0v) is 19.5. The molecule has 1 saturated heterocycles. The molecule has 1 atom stereocenters. The number of hydrogen-bond acceptors (Lipinski definition) is 9. The lowest BCUT2D eigenvalue weighted by molar-refractivity contribution is -0.385. The Morgan fingerprint density at radius 3 is 2.53 bits per heavy atom. The van der Waals surface area contributed by atoms with E-state index in [1.54, 1.807) is 6.92 Å². The summed E-state index contributed by atoms with van der Waals surface area (Å²) >= 11 is 0.582. The first-order valence-electron chi connectivity index (χ1n) is 10.2. The van der Waals surface area contributed by atoms with Crippen molar-refractivity contribution >= 4 is 40.6 Å². The second kappa shape index (κ2) is 10.8. The summed E-state index contributed by atoms with van der Waals surface area (Å²) in [6, 6.07) is 10.7. The first-order chi connectivity index (χ1) is 16.3. The van der Waals surface area contributed by atoms with Gasteiger partial charge in [0.1, 0.15) is 12.6 Å². The number of carbonyl (C=O) groups excluding carboxylic acids is 3. The molecule has 178 valence electrons. The number of methoxy groups -OCH3 is 1. The molecular weight excluding hydrogens is 464 g/mol. The van der Waals surface area contributed by atoms with Gasteiger partial charge in [0.2, 0.25) is 0 Å². The molecule has 2 amide bonds.